The summed E-state index contributed by atoms with van der Waals surface area (Å²) in [4.78, 5) is 0. The highest BCUT2D eigenvalue weighted by Crippen LogP contribution is 2.39. The van der Waals surface area contributed by atoms with Gasteiger partial charge in [0.1, 0.15) is 0 Å². The Morgan fingerprint density at radius 2 is 1.89 bits per heavy atom. The van der Waals surface area contributed by atoms with E-state index in [1.807, 2.05) is 30.3 Å². The Balaban J connectivity index is 2.07. The summed E-state index contributed by atoms with van der Waals surface area (Å²) in [5.74, 6) is 0.497. The molecule has 1 saturated heterocycles. The van der Waals surface area contributed by atoms with Gasteiger partial charge in [0.15, 0.2) is 0 Å². The molecule has 3 atom stereocenters. The zero-order valence-corrected chi connectivity index (χ0v) is 12.3. The molecule has 3 rings (SSSR count). The largest absolute Gasteiger partial charge is 0.376 e. The minimum atomic E-state index is -0.125. The molecule has 0 bridgehead atoms. The van der Waals surface area contributed by atoms with Gasteiger partial charge in [-0.15, -0.1) is 11.6 Å². The first-order valence-electron chi connectivity index (χ1n) is 6.61. The summed E-state index contributed by atoms with van der Waals surface area (Å²) in [6.45, 7) is 3.01. The first-order chi connectivity index (χ1) is 9.18. The van der Waals surface area contributed by atoms with Crippen molar-refractivity contribution in [2.24, 2.45) is 5.92 Å². The van der Waals surface area contributed by atoms with Crippen LogP contribution in [0, 0.1) is 5.92 Å². The number of fused-ring (bicyclic) bond motifs is 1. The molecule has 1 aliphatic heterocycles. The van der Waals surface area contributed by atoms with Gasteiger partial charge in [0.05, 0.1) is 11.5 Å². The van der Waals surface area contributed by atoms with Crippen molar-refractivity contribution in [3.05, 3.63) is 47.0 Å². The smallest absolute Gasteiger partial charge is 0.0855 e. The standard InChI is InChI=1S/C16H16Cl2O/c1-10-8-9-19-16(10)15(18)13-6-7-14(17)12-5-3-2-4-11(12)13/h2-7,10,15-16H,8-9H2,1H3. The maximum Gasteiger partial charge on any atom is 0.0855 e. The van der Waals surface area contributed by atoms with Gasteiger partial charge >= 0.3 is 0 Å². The van der Waals surface area contributed by atoms with Crippen LogP contribution in [0.4, 0.5) is 0 Å². The number of benzene rings is 2. The van der Waals surface area contributed by atoms with Crippen molar-refractivity contribution >= 4 is 34.0 Å². The Hall–Kier alpha value is -0.760. The second kappa shape index (κ2) is 5.32. The fourth-order valence-corrected chi connectivity index (χ4v) is 3.53. The van der Waals surface area contributed by atoms with Crippen LogP contribution in [0.15, 0.2) is 36.4 Å². The van der Waals surface area contributed by atoms with Crippen molar-refractivity contribution in [2.75, 3.05) is 6.61 Å². The van der Waals surface area contributed by atoms with E-state index in [9.17, 15) is 0 Å². The molecular formula is C16H16Cl2O. The van der Waals surface area contributed by atoms with E-state index in [4.69, 9.17) is 27.9 Å². The molecule has 3 heteroatoms. The highest BCUT2D eigenvalue weighted by molar-refractivity contribution is 6.35. The lowest BCUT2D eigenvalue weighted by Crippen LogP contribution is -2.19. The van der Waals surface area contributed by atoms with E-state index in [2.05, 4.69) is 13.0 Å². The normalized spacial score (nSPS) is 24.8. The van der Waals surface area contributed by atoms with Crippen LogP contribution in [0.5, 0.6) is 0 Å². The molecule has 3 unspecified atom stereocenters. The van der Waals surface area contributed by atoms with Crippen LogP contribution in [0.2, 0.25) is 5.02 Å². The van der Waals surface area contributed by atoms with Gasteiger partial charge in [-0.1, -0.05) is 48.9 Å². The summed E-state index contributed by atoms with van der Waals surface area (Å²) in [7, 11) is 0. The molecule has 2 aromatic carbocycles. The minimum absolute atomic E-state index is 0.0891. The topological polar surface area (TPSA) is 9.23 Å². The molecule has 1 nitrogen and oxygen atoms in total. The van der Waals surface area contributed by atoms with Crippen LogP contribution in [0.25, 0.3) is 10.8 Å². The van der Waals surface area contributed by atoms with Gasteiger partial charge in [-0.2, -0.15) is 0 Å². The third-order valence-electron chi connectivity index (χ3n) is 3.93. The van der Waals surface area contributed by atoms with Crippen LogP contribution in [0.1, 0.15) is 24.3 Å². The van der Waals surface area contributed by atoms with Crippen LogP contribution in [0.3, 0.4) is 0 Å². The van der Waals surface area contributed by atoms with Crippen molar-refractivity contribution in [1.82, 2.24) is 0 Å². The second-order valence-electron chi connectivity index (χ2n) is 5.19. The summed E-state index contributed by atoms with van der Waals surface area (Å²) < 4.78 is 5.80. The van der Waals surface area contributed by atoms with Crippen molar-refractivity contribution in [1.29, 1.82) is 0 Å². The third-order valence-corrected chi connectivity index (χ3v) is 4.75. The zero-order valence-electron chi connectivity index (χ0n) is 10.8. The number of ether oxygens (including phenoxy) is 1. The number of halogens is 2. The van der Waals surface area contributed by atoms with Crippen LogP contribution in [-0.4, -0.2) is 12.7 Å². The molecule has 1 fully saturated rings. The lowest BCUT2D eigenvalue weighted by Gasteiger charge is -2.22. The number of alkyl halides is 1. The molecule has 1 heterocycles. The molecule has 100 valence electrons. The lowest BCUT2D eigenvalue weighted by molar-refractivity contribution is 0.0906. The number of hydrogen-bond donors (Lipinski definition) is 0. The third kappa shape index (κ3) is 2.35. The van der Waals surface area contributed by atoms with E-state index in [1.165, 1.54) is 0 Å². The van der Waals surface area contributed by atoms with E-state index < -0.39 is 0 Å². The van der Waals surface area contributed by atoms with Crippen LogP contribution < -0.4 is 0 Å². The maximum atomic E-state index is 6.67. The molecule has 1 aliphatic rings. The Bertz CT molecular complexity index is 596. The summed E-state index contributed by atoms with van der Waals surface area (Å²) in [6.07, 6.45) is 1.17. The first kappa shape index (κ1) is 13.2. The van der Waals surface area contributed by atoms with Crippen molar-refractivity contribution in [3.8, 4) is 0 Å². The van der Waals surface area contributed by atoms with E-state index in [0.29, 0.717) is 5.92 Å². The van der Waals surface area contributed by atoms with Gasteiger partial charge in [-0.05, 0) is 29.4 Å². The molecule has 0 aliphatic carbocycles. The molecular weight excluding hydrogens is 279 g/mol. The monoisotopic (exact) mass is 294 g/mol. The van der Waals surface area contributed by atoms with E-state index in [1.54, 1.807) is 0 Å². The molecule has 19 heavy (non-hydrogen) atoms. The Morgan fingerprint density at radius 3 is 2.58 bits per heavy atom. The van der Waals surface area contributed by atoms with E-state index in [-0.39, 0.29) is 11.5 Å². The highest BCUT2D eigenvalue weighted by atomic mass is 35.5. The highest BCUT2D eigenvalue weighted by Gasteiger charge is 2.32. The lowest BCUT2D eigenvalue weighted by atomic mass is 9.94. The zero-order chi connectivity index (χ0) is 13.4. The van der Waals surface area contributed by atoms with E-state index in [0.717, 1.165) is 34.4 Å². The molecule has 0 radical (unpaired) electrons. The predicted octanol–water partition coefficient (Wildman–Crippen LogP) is 5.20. The molecule has 0 aromatic heterocycles. The average molecular weight is 295 g/mol. The quantitative estimate of drug-likeness (QED) is 0.692. The van der Waals surface area contributed by atoms with Crippen molar-refractivity contribution < 1.29 is 4.74 Å². The number of rotatable bonds is 2. The van der Waals surface area contributed by atoms with Crippen LogP contribution in [-0.2, 0) is 4.74 Å². The predicted molar refractivity (Wildman–Crippen MR) is 81.1 cm³/mol. The first-order valence-corrected chi connectivity index (χ1v) is 7.42. The fourth-order valence-electron chi connectivity index (χ4n) is 2.79. The molecule has 0 saturated carbocycles. The Morgan fingerprint density at radius 1 is 1.16 bits per heavy atom. The molecule has 0 N–H and O–H groups in total. The summed E-state index contributed by atoms with van der Waals surface area (Å²) in [5.41, 5.74) is 1.11. The maximum absolute atomic E-state index is 6.67. The van der Waals surface area contributed by atoms with Gasteiger partial charge in [0.25, 0.3) is 0 Å². The Kier molecular flexibility index (Phi) is 3.70. The van der Waals surface area contributed by atoms with Gasteiger partial charge in [-0.25, -0.2) is 0 Å². The SMILES string of the molecule is CC1CCOC1C(Cl)c1ccc(Cl)c2ccccc12. The summed E-state index contributed by atoms with van der Waals surface area (Å²) >= 11 is 12.9. The fraction of sp³-hybridized carbons (Fsp3) is 0.375. The van der Waals surface area contributed by atoms with Crippen molar-refractivity contribution in [3.63, 3.8) is 0 Å². The number of hydrogen-bond acceptors (Lipinski definition) is 1. The minimum Gasteiger partial charge on any atom is -0.376 e. The summed E-state index contributed by atoms with van der Waals surface area (Å²) in [5, 5.41) is 2.82. The summed E-state index contributed by atoms with van der Waals surface area (Å²) in [6, 6.07) is 12.1. The second-order valence-corrected chi connectivity index (χ2v) is 6.06. The van der Waals surface area contributed by atoms with E-state index >= 15 is 0 Å². The molecule has 0 amide bonds. The van der Waals surface area contributed by atoms with Gasteiger partial charge in [-0.3, -0.25) is 0 Å². The molecule has 2 aromatic rings. The van der Waals surface area contributed by atoms with Gasteiger partial charge in [0.2, 0.25) is 0 Å². The average Bonchev–Trinajstić information content (AvgIpc) is 2.85. The van der Waals surface area contributed by atoms with Gasteiger partial charge in [0, 0.05) is 17.0 Å². The molecule has 0 spiro atoms. The van der Waals surface area contributed by atoms with Gasteiger partial charge < -0.3 is 4.74 Å². The van der Waals surface area contributed by atoms with Crippen molar-refractivity contribution in [2.45, 2.75) is 24.8 Å². The van der Waals surface area contributed by atoms with Crippen LogP contribution >= 0.6 is 23.2 Å². The Labute approximate surface area is 123 Å².